The Bertz CT molecular complexity index is 2230. The van der Waals surface area contributed by atoms with Crippen molar-refractivity contribution in [3.63, 3.8) is 0 Å². The minimum absolute atomic E-state index is 0.0743. The maximum absolute atomic E-state index is 13.3. The summed E-state index contributed by atoms with van der Waals surface area (Å²) in [4.78, 5) is 38.8. The number of Topliss-reactive ketones (excluding diaryl/α,β-unsaturated/α-hetero) is 1. The molecule has 13 N–H and O–H groups in total. The SMILES string of the molecule is Cc1ccc(C(=O)CC(O)CCC(C)C2OC(=O)CC(O)CC(O)CC(O)CC(O)CC(O)CC(O)CC3(O)CC(O)C(C(=O)O)C(CC(O[C@@H]4O[C@H](C)[C@@H](C)[C@H](N)[C@@H]4O)/C=C/C=C/C=C/C=C/C=C/C=C/C=C/C2C)O3)cc1. The normalized spacial score (nSPS) is 39.3. The van der Waals surface area contributed by atoms with E-state index in [-0.39, 0.29) is 68.5 Å². The Balaban J connectivity index is 1.54. The number of carbonyl (C=O) groups excluding carboxylic acids is 2. The molecule has 20 atom stereocenters. The molecule has 3 heterocycles. The molecule has 0 radical (unpaired) electrons. The number of aryl methyl sites for hydroxylation is 1. The van der Waals surface area contributed by atoms with Crippen molar-refractivity contribution in [2.75, 3.05) is 0 Å². The van der Waals surface area contributed by atoms with Crippen molar-refractivity contribution in [3.8, 4) is 0 Å². The number of ether oxygens (including phenoxy) is 4. The molecule has 0 amide bonds. The Morgan fingerprint density at radius 2 is 1.22 bits per heavy atom. The molecular weight excluding hydrogens is 1020 g/mol. The second-order valence-corrected chi connectivity index (χ2v) is 22.0. The number of carbonyl (C=O) groups is 3. The lowest BCUT2D eigenvalue weighted by atomic mass is 9.82. The molecule has 0 spiro atoms. The zero-order valence-electron chi connectivity index (χ0n) is 46.2. The number of aliphatic carboxylic acids is 1. The van der Waals surface area contributed by atoms with Gasteiger partial charge in [0.05, 0.1) is 73.6 Å². The Labute approximate surface area is 464 Å². The number of hydrogen-bond donors (Lipinski definition) is 12. The van der Waals surface area contributed by atoms with Crippen LogP contribution in [0.1, 0.15) is 121 Å². The number of nitrogens with two attached hydrogens (primary N) is 1. The number of esters is 1. The quantitative estimate of drug-likeness (QED) is 0.116. The summed E-state index contributed by atoms with van der Waals surface area (Å²) in [6.45, 7) is 9.26. The first-order chi connectivity index (χ1) is 37.3. The lowest BCUT2D eigenvalue weighted by Gasteiger charge is -2.45. The number of carboxylic acids is 1. The topological polar surface area (TPSA) is 337 Å². The zero-order valence-corrected chi connectivity index (χ0v) is 46.2. The number of rotatable bonds is 10. The summed E-state index contributed by atoms with van der Waals surface area (Å²) in [7, 11) is 0. The van der Waals surface area contributed by atoms with Gasteiger partial charge in [0.15, 0.2) is 17.9 Å². The molecule has 0 aliphatic carbocycles. The molecule has 15 unspecified atom stereocenters. The van der Waals surface area contributed by atoms with Crippen LogP contribution in [0.15, 0.2) is 109 Å². The third-order valence-electron chi connectivity index (χ3n) is 14.9. The molecule has 1 aromatic rings. The Kier molecular flexibility index (Phi) is 28.3. The van der Waals surface area contributed by atoms with Gasteiger partial charge in [-0.1, -0.05) is 136 Å². The second kappa shape index (κ2) is 33.4. The van der Waals surface area contributed by atoms with Crippen LogP contribution in [-0.2, 0) is 28.5 Å². The van der Waals surface area contributed by atoms with Gasteiger partial charge < -0.3 is 80.9 Å². The van der Waals surface area contributed by atoms with Crippen molar-refractivity contribution in [1.82, 2.24) is 0 Å². The van der Waals surface area contributed by atoms with Crippen molar-refractivity contribution >= 4 is 17.7 Å². The first-order valence-corrected chi connectivity index (χ1v) is 27.6. The maximum Gasteiger partial charge on any atom is 0.311 e. The molecule has 1 aromatic carbocycles. The van der Waals surface area contributed by atoms with Gasteiger partial charge in [-0.05, 0) is 70.6 Å². The molecule has 4 rings (SSSR count). The van der Waals surface area contributed by atoms with Gasteiger partial charge in [-0.25, -0.2) is 0 Å². The van der Waals surface area contributed by atoms with Crippen molar-refractivity contribution in [2.45, 2.75) is 209 Å². The van der Waals surface area contributed by atoms with Gasteiger partial charge in [0.2, 0.25) is 0 Å². The second-order valence-electron chi connectivity index (χ2n) is 22.0. The van der Waals surface area contributed by atoms with Crippen LogP contribution in [-0.4, -0.2) is 171 Å². The smallest absolute Gasteiger partial charge is 0.311 e. The van der Waals surface area contributed by atoms with E-state index in [0.717, 1.165) is 5.56 Å². The first-order valence-electron chi connectivity index (χ1n) is 27.6. The summed E-state index contributed by atoms with van der Waals surface area (Å²) in [5.41, 5.74) is 7.81. The third kappa shape index (κ3) is 23.5. The van der Waals surface area contributed by atoms with Crippen molar-refractivity contribution in [2.24, 2.45) is 29.4 Å². The van der Waals surface area contributed by atoms with Gasteiger partial charge in [0.1, 0.15) is 18.1 Å². The highest BCUT2D eigenvalue weighted by atomic mass is 16.7. The van der Waals surface area contributed by atoms with E-state index in [1.54, 1.807) is 85.9 Å². The number of carboxylic acid groups (broad SMARTS) is 1. The molecule has 19 nitrogen and oxygen atoms in total. The van der Waals surface area contributed by atoms with Crippen LogP contribution in [0.3, 0.4) is 0 Å². The van der Waals surface area contributed by atoms with E-state index in [1.807, 2.05) is 58.1 Å². The van der Waals surface area contributed by atoms with E-state index in [1.165, 1.54) is 0 Å². The minimum Gasteiger partial charge on any atom is -0.481 e. The van der Waals surface area contributed by atoms with Crippen LogP contribution in [0.25, 0.3) is 0 Å². The van der Waals surface area contributed by atoms with E-state index < -0.39 is 141 Å². The van der Waals surface area contributed by atoms with Crippen LogP contribution in [0.5, 0.6) is 0 Å². The fourth-order valence-electron chi connectivity index (χ4n) is 10.3. The standard InChI is InChI=1S/C60H89NO18/c1-36-20-23-41(24-21-36)50(69)31-42(62)25-22-38(3)57-37(2)18-16-14-12-10-8-6-7-9-11-13-15-17-19-49(77-59-56(72)55(61)39(4)40(5)76-59)33-52-54(58(73)74)51(70)35-60(75,79-52)34-48(68)30-46(66)28-44(64)26-43(63)27-45(65)29-47(67)32-53(71)78-57/h6-21,23-24,37-40,42-49,51-52,54-57,59,62-68,70,72,75H,22,25-35,61H2,1-5H3,(H,73,74)/b7-6+,10-8+,11-9+,14-12+,15-13+,18-16+,19-17+/t37?,38?,39-,40-,42?,43?,44?,45?,46?,47?,48?,49?,51?,52?,54?,55+,56+,57?,59+,60?/m1/s1. The third-order valence-corrected chi connectivity index (χ3v) is 14.9. The van der Waals surface area contributed by atoms with Gasteiger partial charge in [0.25, 0.3) is 0 Å². The number of hydrogen-bond acceptors (Lipinski definition) is 18. The fourth-order valence-corrected chi connectivity index (χ4v) is 10.3. The molecule has 2 bridgehead atoms. The molecule has 3 aliphatic heterocycles. The summed E-state index contributed by atoms with van der Waals surface area (Å²) < 4.78 is 24.1. The summed E-state index contributed by atoms with van der Waals surface area (Å²) in [6, 6.07) is 6.39. The Morgan fingerprint density at radius 3 is 1.76 bits per heavy atom. The summed E-state index contributed by atoms with van der Waals surface area (Å²) in [5.74, 6) is -7.07. The van der Waals surface area contributed by atoms with Crippen molar-refractivity contribution in [1.29, 1.82) is 0 Å². The van der Waals surface area contributed by atoms with Gasteiger partial charge >= 0.3 is 11.9 Å². The predicted molar refractivity (Wildman–Crippen MR) is 294 cm³/mol. The monoisotopic (exact) mass is 1110 g/mol. The number of benzene rings is 1. The Morgan fingerprint density at radius 1 is 0.709 bits per heavy atom. The average molecular weight is 1110 g/mol. The van der Waals surface area contributed by atoms with Crippen molar-refractivity contribution < 1.29 is 89.5 Å². The fraction of sp³-hybridized carbons (Fsp3) is 0.617. The number of allylic oxidation sites excluding steroid dienone is 12. The van der Waals surface area contributed by atoms with E-state index in [0.29, 0.717) is 12.0 Å². The highest BCUT2D eigenvalue weighted by molar-refractivity contribution is 5.96. The number of aliphatic hydroxyl groups is 10. The van der Waals surface area contributed by atoms with Gasteiger partial charge in [0, 0.05) is 43.2 Å². The summed E-state index contributed by atoms with van der Waals surface area (Å²) in [6.07, 6.45) is 4.61. The van der Waals surface area contributed by atoms with E-state index in [9.17, 15) is 70.6 Å². The molecule has 2 fully saturated rings. The van der Waals surface area contributed by atoms with E-state index >= 15 is 0 Å². The van der Waals surface area contributed by atoms with Crippen LogP contribution in [0.4, 0.5) is 0 Å². The van der Waals surface area contributed by atoms with Crippen molar-refractivity contribution in [3.05, 3.63) is 120 Å². The van der Waals surface area contributed by atoms with Crippen LogP contribution >= 0.6 is 0 Å². The lowest BCUT2D eigenvalue weighted by Crippen LogP contribution is -2.58. The Hall–Kier alpha value is -4.55. The highest BCUT2D eigenvalue weighted by Gasteiger charge is 2.51. The number of fused-ring (bicyclic) bond motifs is 2. The molecular formula is C60H89NO18. The number of ketones is 1. The van der Waals surface area contributed by atoms with Crippen LogP contribution in [0, 0.1) is 30.6 Å². The highest BCUT2D eigenvalue weighted by Crippen LogP contribution is 2.38. The molecule has 3 aliphatic rings. The van der Waals surface area contributed by atoms with Crippen LogP contribution in [0.2, 0.25) is 0 Å². The average Bonchev–Trinajstić information content (AvgIpc) is 3.39. The molecule has 79 heavy (non-hydrogen) atoms. The first kappa shape index (κ1) is 67.0. The van der Waals surface area contributed by atoms with Crippen LogP contribution < -0.4 is 5.73 Å². The molecule has 2 saturated heterocycles. The lowest BCUT2D eigenvalue weighted by molar-refractivity contribution is -0.307. The number of cyclic esters (lactones) is 1. The summed E-state index contributed by atoms with van der Waals surface area (Å²) in [5, 5.41) is 120. The number of aliphatic hydroxyl groups excluding tert-OH is 9. The molecule has 0 aromatic heterocycles. The molecule has 19 heteroatoms. The predicted octanol–water partition coefficient (Wildman–Crippen LogP) is 4.08. The maximum atomic E-state index is 13.3. The van der Waals surface area contributed by atoms with Gasteiger partial charge in [-0.3, -0.25) is 14.4 Å². The zero-order chi connectivity index (χ0) is 58.4. The largest absolute Gasteiger partial charge is 0.481 e. The minimum atomic E-state index is -2.30. The van der Waals surface area contributed by atoms with E-state index in [2.05, 4.69) is 0 Å². The molecule has 442 valence electrons. The van der Waals surface area contributed by atoms with E-state index in [4.69, 9.17) is 24.7 Å². The van der Waals surface area contributed by atoms with Gasteiger partial charge in [-0.15, -0.1) is 0 Å². The molecule has 0 saturated carbocycles. The summed E-state index contributed by atoms with van der Waals surface area (Å²) >= 11 is 0. The van der Waals surface area contributed by atoms with Gasteiger partial charge in [-0.2, -0.15) is 0 Å².